The number of para-hydroxylation sites is 1. The molecular weight excluding hydrogens is 314 g/mol. The fourth-order valence-corrected chi connectivity index (χ4v) is 2.44. The van der Waals surface area contributed by atoms with Crippen molar-refractivity contribution in [2.24, 2.45) is 0 Å². The highest BCUT2D eigenvalue weighted by Crippen LogP contribution is 2.35. The molecule has 0 unspecified atom stereocenters. The van der Waals surface area contributed by atoms with E-state index in [9.17, 15) is 4.39 Å². The van der Waals surface area contributed by atoms with Crippen molar-refractivity contribution in [3.05, 3.63) is 52.3 Å². The lowest BCUT2D eigenvalue weighted by Crippen LogP contribution is -1.97. The minimum atomic E-state index is -0.419. The summed E-state index contributed by atoms with van der Waals surface area (Å²) in [5.41, 5.74) is 1.86. The first-order chi connectivity index (χ1) is 10.1. The Labute approximate surface area is 130 Å². The van der Waals surface area contributed by atoms with E-state index >= 15 is 0 Å². The van der Waals surface area contributed by atoms with E-state index in [0.717, 1.165) is 0 Å². The molecule has 3 rings (SSSR count). The Morgan fingerprint density at radius 2 is 1.86 bits per heavy atom. The van der Waals surface area contributed by atoms with Crippen molar-refractivity contribution in [3.8, 4) is 17.1 Å². The molecule has 3 aromatic rings. The van der Waals surface area contributed by atoms with Crippen LogP contribution in [0.5, 0.6) is 5.88 Å². The van der Waals surface area contributed by atoms with E-state index in [-0.39, 0.29) is 5.88 Å². The molecule has 0 aliphatic rings. The third-order valence-electron chi connectivity index (χ3n) is 2.99. The van der Waals surface area contributed by atoms with Gasteiger partial charge in [-0.25, -0.2) is 14.4 Å². The van der Waals surface area contributed by atoms with Crippen LogP contribution in [0, 0.1) is 5.82 Å². The summed E-state index contributed by atoms with van der Waals surface area (Å²) in [5, 5.41) is 0.812. The lowest BCUT2D eigenvalue weighted by Gasteiger charge is -2.10. The molecule has 0 amide bonds. The molecule has 0 N–H and O–H groups in total. The number of nitrogens with zero attached hydrogens (tertiary/aromatic N) is 2. The summed E-state index contributed by atoms with van der Waals surface area (Å²) in [6, 6.07) is 9.28. The van der Waals surface area contributed by atoms with Crippen LogP contribution in [0.2, 0.25) is 10.0 Å². The molecule has 2 aromatic carbocycles. The van der Waals surface area contributed by atoms with Gasteiger partial charge in [-0.2, -0.15) is 0 Å². The van der Waals surface area contributed by atoms with Gasteiger partial charge in [-0.15, -0.1) is 0 Å². The van der Waals surface area contributed by atoms with Gasteiger partial charge >= 0.3 is 0 Å². The second-order valence-corrected chi connectivity index (χ2v) is 5.13. The molecule has 6 heteroatoms. The lowest BCUT2D eigenvalue weighted by atomic mass is 10.1. The molecule has 1 heterocycles. The molecule has 0 radical (unpaired) electrons. The van der Waals surface area contributed by atoms with Crippen molar-refractivity contribution in [2.75, 3.05) is 7.11 Å². The van der Waals surface area contributed by atoms with Gasteiger partial charge in [0.25, 0.3) is 0 Å². The lowest BCUT2D eigenvalue weighted by molar-refractivity contribution is 0.399. The average molecular weight is 323 g/mol. The average Bonchev–Trinajstić information content (AvgIpc) is 2.49. The molecule has 0 aliphatic carbocycles. The minimum Gasteiger partial charge on any atom is -0.479 e. The maximum Gasteiger partial charge on any atom is 0.241 e. The van der Waals surface area contributed by atoms with Gasteiger partial charge in [0.15, 0.2) is 0 Å². The summed E-state index contributed by atoms with van der Waals surface area (Å²) in [4.78, 5) is 8.80. The van der Waals surface area contributed by atoms with Crippen molar-refractivity contribution < 1.29 is 9.13 Å². The largest absolute Gasteiger partial charge is 0.479 e. The SMILES string of the molecule is COc1nc2cccc(Cl)c2nc1-c1cc(F)ccc1Cl. The van der Waals surface area contributed by atoms with E-state index in [4.69, 9.17) is 27.9 Å². The molecule has 0 atom stereocenters. The molecule has 0 saturated heterocycles. The van der Waals surface area contributed by atoms with Crippen LogP contribution in [0.15, 0.2) is 36.4 Å². The van der Waals surface area contributed by atoms with Crippen molar-refractivity contribution >= 4 is 34.2 Å². The van der Waals surface area contributed by atoms with Crippen LogP contribution in [-0.2, 0) is 0 Å². The fraction of sp³-hybridized carbons (Fsp3) is 0.0667. The summed E-state index contributed by atoms with van der Waals surface area (Å²) in [7, 11) is 1.47. The summed E-state index contributed by atoms with van der Waals surface area (Å²) >= 11 is 12.3. The standard InChI is InChI=1S/C15H9Cl2FN2O/c1-21-15-13(9-7-8(18)5-6-10(9)16)20-14-11(17)3-2-4-12(14)19-15/h2-7H,1H3. The second kappa shape index (κ2) is 5.47. The second-order valence-electron chi connectivity index (χ2n) is 4.31. The minimum absolute atomic E-state index is 0.261. The van der Waals surface area contributed by atoms with Crippen LogP contribution in [0.25, 0.3) is 22.3 Å². The topological polar surface area (TPSA) is 35.0 Å². The third kappa shape index (κ3) is 2.52. The predicted molar refractivity (Wildman–Crippen MR) is 81.5 cm³/mol. The highest BCUT2D eigenvalue weighted by Gasteiger charge is 2.16. The summed E-state index contributed by atoms with van der Waals surface area (Å²) in [5.74, 6) is -0.158. The van der Waals surface area contributed by atoms with Gasteiger partial charge in [0, 0.05) is 5.56 Å². The van der Waals surface area contributed by atoms with Gasteiger partial charge < -0.3 is 4.74 Å². The maximum atomic E-state index is 13.5. The molecule has 0 aliphatic heterocycles. The van der Waals surface area contributed by atoms with E-state index in [0.29, 0.717) is 32.3 Å². The van der Waals surface area contributed by atoms with Gasteiger partial charge in [0.2, 0.25) is 5.88 Å². The number of rotatable bonds is 2. The smallest absolute Gasteiger partial charge is 0.241 e. The van der Waals surface area contributed by atoms with Crippen molar-refractivity contribution in [1.29, 1.82) is 0 Å². The molecule has 0 fully saturated rings. The molecule has 1 aromatic heterocycles. The van der Waals surface area contributed by atoms with Crippen molar-refractivity contribution in [2.45, 2.75) is 0 Å². The zero-order valence-electron chi connectivity index (χ0n) is 10.9. The van der Waals surface area contributed by atoms with Gasteiger partial charge in [0.1, 0.15) is 17.0 Å². The molecular formula is C15H9Cl2FN2O. The highest BCUT2D eigenvalue weighted by molar-refractivity contribution is 6.35. The van der Waals surface area contributed by atoms with Crippen LogP contribution in [0.4, 0.5) is 4.39 Å². The number of ether oxygens (including phenoxy) is 1. The summed E-state index contributed by atoms with van der Waals surface area (Å²) in [6.07, 6.45) is 0. The Hall–Kier alpha value is -1.91. The number of aromatic nitrogens is 2. The number of benzene rings is 2. The molecule has 0 spiro atoms. The molecule has 21 heavy (non-hydrogen) atoms. The quantitative estimate of drug-likeness (QED) is 0.682. The fourth-order valence-electron chi connectivity index (χ4n) is 2.02. The Morgan fingerprint density at radius 3 is 2.62 bits per heavy atom. The van der Waals surface area contributed by atoms with E-state index in [2.05, 4.69) is 9.97 Å². The molecule has 0 bridgehead atoms. The first-order valence-corrected chi connectivity index (χ1v) is 6.81. The maximum absolute atomic E-state index is 13.5. The van der Waals surface area contributed by atoms with Crippen LogP contribution >= 0.6 is 23.2 Å². The van der Waals surface area contributed by atoms with E-state index < -0.39 is 5.82 Å². The van der Waals surface area contributed by atoms with Crippen LogP contribution in [0.3, 0.4) is 0 Å². The number of fused-ring (bicyclic) bond motifs is 1. The van der Waals surface area contributed by atoms with Crippen LogP contribution in [0.1, 0.15) is 0 Å². The number of hydrogen-bond donors (Lipinski definition) is 0. The molecule has 106 valence electrons. The van der Waals surface area contributed by atoms with Gasteiger partial charge in [-0.05, 0) is 30.3 Å². The number of hydrogen-bond acceptors (Lipinski definition) is 3. The van der Waals surface area contributed by atoms with Crippen molar-refractivity contribution in [3.63, 3.8) is 0 Å². The normalized spacial score (nSPS) is 10.9. The first kappa shape index (κ1) is 14.0. The Balaban J connectivity index is 2.35. The monoisotopic (exact) mass is 322 g/mol. The molecule has 0 saturated carbocycles. The van der Waals surface area contributed by atoms with Gasteiger partial charge in [-0.3, -0.25) is 0 Å². The Bertz CT molecular complexity index is 839. The Kier molecular flexibility index (Phi) is 3.66. The van der Waals surface area contributed by atoms with Crippen LogP contribution < -0.4 is 4.74 Å². The molecule has 3 nitrogen and oxygen atoms in total. The zero-order chi connectivity index (χ0) is 15.0. The summed E-state index contributed by atoms with van der Waals surface area (Å²) < 4.78 is 18.7. The van der Waals surface area contributed by atoms with Crippen molar-refractivity contribution in [1.82, 2.24) is 9.97 Å². The van der Waals surface area contributed by atoms with E-state index in [1.807, 2.05) is 0 Å². The number of halogens is 3. The predicted octanol–water partition coefficient (Wildman–Crippen LogP) is 4.75. The highest BCUT2D eigenvalue weighted by atomic mass is 35.5. The van der Waals surface area contributed by atoms with E-state index in [1.165, 1.54) is 25.3 Å². The first-order valence-electron chi connectivity index (χ1n) is 6.06. The van der Waals surface area contributed by atoms with E-state index in [1.54, 1.807) is 18.2 Å². The number of methoxy groups -OCH3 is 1. The summed E-state index contributed by atoms with van der Waals surface area (Å²) in [6.45, 7) is 0. The van der Waals surface area contributed by atoms with Gasteiger partial charge in [-0.1, -0.05) is 29.3 Å². The third-order valence-corrected chi connectivity index (χ3v) is 3.63. The van der Waals surface area contributed by atoms with Crippen LogP contribution in [-0.4, -0.2) is 17.1 Å². The van der Waals surface area contributed by atoms with Gasteiger partial charge in [0.05, 0.1) is 22.7 Å². The Morgan fingerprint density at radius 1 is 1.05 bits per heavy atom. The zero-order valence-corrected chi connectivity index (χ0v) is 12.4.